The fourth-order valence-electron chi connectivity index (χ4n) is 1.98. The number of rotatable bonds is 5. The molecule has 0 aliphatic rings. The van der Waals surface area contributed by atoms with Gasteiger partial charge in [-0.15, -0.1) is 0 Å². The van der Waals surface area contributed by atoms with Crippen LogP contribution in [-0.2, 0) is 11.3 Å². The molecule has 0 saturated heterocycles. The van der Waals surface area contributed by atoms with Crippen molar-refractivity contribution >= 4 is 11.8 Å². The summed E-state index contributed by atoms with van der Waals surface area (Å²) in [5, 5.41) is 2.70. The summed E-state index contributed by atoms with van der Waals surface area (Å²) in [7, 11) is 1.68. The molecule has 0 saturated carbocycles. The standard InChI is InChI=1S/C16H18N2O3/c1-12(17-15(19)13-7-4-3-5-8-13)16(20)18(2)11-14-9-6-10-21-14/h3-10,12H,11H2,1-2H3,(H,17,19). The van der Waals surface area contributed by atoms with Gasteiger partial charge >= 0.3 is 0 Å². The van der Waals surface area contributed by atoms with Gasteiger partial charge in [-0.2, -0.15) is 0 Å². The van der Waals surface area contributed by atoms with Crippen LogP contribution in [0.15, 0.2) is 53.1 Å². The highest BCUT2D eigenvalue weighted by Gasteiger charge is 2.20. The number of hydrogen-bond acceptors (Lipinski definition) is 3. The van der Waals surface area contributed by atoms with E-state index in [9.17, 15) is 9.59 Å². The van der Waals surface area contributed by atoms with Crippen molar-refractivity contribution in [3.05, 3.63) is 60.1 Å². The van der Waals surface area contributed by atoms with Crippen molar-refractivity contribution in [1.29, 1.82) is 0 Å². The Labute approximate surface area is 123 Å². The first-order chi connectivity index (χ1) is 10.1. The average Bonchev–Trinajstić information content (AvgIpc) is 3.00. The molecule has 21 heavy (non-hydrogen) atoms. The summed E-state index contributed by atoms with van der Waals surface area (Å²) in [6, 6.07) is 11.8. The molecule has 0 radical (unpaired) electrons. The minimum Gasteiger partial charge on any atom is -0.467 e. The fraction of sp³-hybridized carbons (Fsp3) is 0.250. The maximum atomic E-state index is 12.2. The minimum absolute atomic E-state index is 0.171. The normalized spacial score (nSPS) is 11.7. The lowest BCUT2D eigenvalue weighted by atomic mass is 10.2. The zero-order valence-corrected chi connectivity index (χ0v) is 12.1. The molecule has 0 aliphatic heterocycles. The molecule has 1 aromatic carbocycles. The highest BCUT2D eigenvalue weighted by Crippen LogP contribution is 2.06. The van der Waals surface area contributed by atoms with Crippen molar-refractivity contribution in [2.75, 3.05) is 7.05 Å². The second kappa shape index (κ2) is 6.74. The first kappa shape index (κ1) is 14.8. The van der Waals surface area contributed by atoms with Crippen LogP contribution < -0.4 is 5.32 Å². The fourth-order valence-corrected chi connectivity index (χ4v) is 1.98. The highest BCUT2D eigenvalue weighted by molar-refractivity contribution is 5.97. The Morgan fingerprint density at radius 2 is 1.90 bits per heavy atom. The van der Waals surface area contributed by atoms with Crippen molar-refractivity contribution in [1.82, 2.24) is 10.2 Å². The van der Waals surface area contributed by atoms with E-state index < -0.39 is 6.04 Å². The number of hydrogen-bond donors (Lipinski definition) is 1. The zero-order valence-electron chi connectivity index (χ0n) is 12.1. The topological polar surface area (TPSA) is 62.6 Å². The highest BCUT2D eigenvalue weighted by atomic mass is 16.3. The third kappa shape index (κ3) is 3.95. The van der Waals surface area contributed by atoms with Crippen LogP contribution in [0.2, 0.25) is 0 Å². The lowest BCUT2D eigenvalue weighted by molar-refractivity contribution is -0.132. The summed E-state index contributed by atoms with van der Waals surface area (Å²) in [6.07, 6.45) is 1.56. The van der Waals surface area contributed by atoms with Gasteiger partial charge in [0.05, 0.1) is 12.8 Å². The SMILES string of the molecule is CC(NC(=O)c1ccccc1)C(=O)N(C)Cc1ccco1. The van der Waals surface area contributed by atoms with Crippen LogP contribution in [0.3, 0.4) is 0 Å². The van der Waals surface area contributed by atoms with Crippen LogP contribution >= 0.6 is 0 Å². The number of furan rings is 1. The Morgan fingerprint density at radius 1 is 1.19 bits per heavy atom. The monoisotopic (exact) mass is 286 g/mol. The third-order valence-electron chi connectivity index (χ3n) is 3.10. The molecule has 2 rings (SSSR count). The van der Waals surface area contributed by atoms with Gasteiger partial charge in [-0.25, -0.2) is 0 Å². The van der Waals surface area contributed by atoms with Crippen molar-refractivity contribution in [3.63, 3.8) is 0 Å². The zero-order chi connectivity index (χ0) is 15.2. The second-order valence-corrected chi connectivity index (χ2v) is 4.83. The molecule has 1 aromatic heterocycles. The molecule has 110 valence electrons. The smallest absolute Gasteiger partial charge is 0.251 e. The summed E-state index contributed by atoms with van der Waals surface area (Å²) >= 11 is 0. The van der Waals surface area contributed by atoms with Crippen molar-refractivity contribution in [2.24, 2.45) is 0 Å². The molecule has 5 heteroatoms. The maximum Gasteiger partial charge on any atom is 0.251 e. The Bertz CT molecular complexity index is 593. The predicted molar refractivity (Wildman–Crippen MR) is 78.6 cm³/mol. The van der Waals surface area contributed by atoms with E-state index in [0.717, 1.165) is 0 Å². The van der Waals surface area contributed by atoms with E-state index in [-0.39, 0.29) is 11.8 Å². The number of benzene rings is 1. The number of carbonyl (C=O) groups is 2. The maximum absolute atomic E-state index is 12.2. The summed E-state index contributed by atoms with van der Waals surface area (Å²) in [5.74, 6) is 0.269. The number of carbonyl (C=O) groups excluding carboxylic acids is 2. The Morgan fingerprint density at radius 3 is 2.52 bits per heavy atom. The molecule has 0 spiro atoms. The van der Waals surface area contributed by atoms with Gasteiger partial charge in [0, 0.05) is 12.6 Å². The van der Waals surface area contributed by atoms with Gasteiger partial charge in [-0.05, 0) is 31.2 Å². The molecular formula is C16H18N2O3. The predicted octanol–water partition coefficient (Wildman–Crippen LogP) is 2.06. The van der Waals surface area contributed by atoms with Crippen LogP contribution in [0.5, 0.6) is 0 Å². The van der Waals surface area contributed by atoms with Gasteiger partial charge in [0.15, 0.2) is 0 Å². The Hall–Kier alpha value is -2.56. The minimum atomic E-state index is -0.599. The van der Waals surface area contributed by atoms with E-state index in [2.05, 4.69) is 5.32 Å². The lowest BCUT2D eigenvalue weighted by Crippen LogP contribution is -2.45. The van der Waals surface area contributed by atoms with E-state index in [4.69, 9.17) is 4.42 Å². The number of amides is 2. The molecule has 0 aliphatic carbocycles. The summed E-state index contributed by atoms with van der Waals surface area (Å²) in [4.78, 5) is 25.7. The van der Waals surface area contributed by atoms with E-state index in [1.54, 1.807) is 56.6 Å². The van der Waals surface area contributed by atoms with Crippen LogP contribution in [0.4, 0.5) is 0 Å². The van der Waals surface area contributed by atoms with Crippen molar-refractivity contribution in [2.45, 2.75) is 19.5 Å². The van der Waals surface area contributed by atoms with Crippen molar-refractivity contribution in [3.8, 4) is 0 Å². The molecule has 0 bridgehead atoms. The molecule has 1 atom stereocenters. The molecule has 2 aromatic rings. The first-order valence-corrected chi connectivity index (χ1v) is 6.71. The van der Waals surface area contributed by atoms with E-state index in [0.29, 0.717) is 17.9 Å². The van der Waals surface area contributed by atoms with Crippen LogP contribution in [0.1, 0.15) is 23.0 Å². The molecule has 0 fully saturated rings. The number of likely N-dealkylation sites (N-methyl/N-ethyl adjacent to an activating group) is 1. The largest absolute Gasteiger partial charge is 0.467 e. The van der Waals surface area contributed by atoms with Gasteiger partial charge in [-0.3, -0.25) is 9.59 Å². The van der Waals surface area contributed by atoms with E-state index in [1.807, 2.05) is 6.07 Å². The second-order valence-electron chi connectivity index (χ2n) is 4.83. The summed E-state index contributed by atoms with van der Waals surface area (Å²) in [5.41, 5.74) is 0.533. The van der Waals surface area contributed by atoms with Gasteiger partial charge < -0.3 is 14.6 Å². The van der Waals surface area contributed by atoms with Gasteiger partial charge in [0.25, 0.3) is 5.91 Å². The van der Waals surface area contributed by atoms with Crippen LogP contribution in [0, 0.1) is 0 Å². The van der Waals surface area contributed by atoms with E-state index >= 15 is 0 Å². The van der Waals surface area contributed by atoms with Gasteiger partial charge in [0.2, 0.25) is 5.91 Å². The molecule has 1 N–H and O–H groups in total. The van der Waals surface area contributed by atoms with Gasteiger partial charge in [0.1, 0.15) is 11.8 Å². The third-order valence-corrected chi connectivity index (χ3v) is 3.10. The van der Waals surface area contributed by atoms with Gasteiger partial charge in [-0.1, -0.05) is 18.2 Å². The average molecular weight is 286 g/mol. The number of nitrogens with zero attached hydrogens (tertiary/aromatic N) is 1. The van der Waals surface area contributed by atoms with Crippen LogP contribution in [-0.4, -0.2) is 29.8 Å². The molecule has 5 nitrogen and oxygen atoms in total. The number of nitrogens with one attached hydrogen (secondary N) is 1. The van der Waals surface area contributed by atoms with Crippen molar-refractivity contribution < 1.29 is 14.0 Å². The summed E-state index contributed by atoms with van der Waals surface area (Å²) < 4.78 is 5.20. The van der Waals surface area contributed by atoms with E-state index in [1.165, 1.54) is 4.90 Å². The molecule has 1 heterocycles. The first-order valence-electron chi connectivity index (χ1n) is 6.71. The Kier molecular flexibility index (Phi) is 4.77. The molecular weight excluding hydrogens is 268 g/mol. The summed E-state index contributed by atoms with van der Waals surface area (Å²) in [6.45, 7) is 2.04. The Balaban J connectivity index is 1.91. The lowest BCUT2D eigenvalue weighted by Gasteiger charge is -2.21. The molecule has 2 amide bonds. The van der Waals surface area contributed by atoms with Crippen LogP contribution in [0.25, 0.3) is 0 Å². The molecule has 1 unspecified atom stereocenters. The quantitative estimate of drug-likeness (QED) is 0.915.